The number of rotatable bonds is 8. The van der Waals surface area contributed by atoms with Crippen LogP contribution in [-0.2, 0) is 6.42 Å². The minimum absolute atomic E-state index is 0.249. The SMILES string of the molecule is Cc1cccc(-c2nc(-c3ccc(F)cc3)sc2-c2ccnc(NCCCc3ccccc3)c2)c1. The minimum atomic E-state index is -0.249. The molecule has 0 atom stereocenters. The van der Waals surface area contributed by atoms with Crippen molar-refractivity contribution in [1.82, 2.24) is 9.97 Å². The summed E-state index contributed by atoms with van der Waals surface area (Å²) in [5.74, 6) is 0.601. The quantitative estimate of drug-likeness (QED) is 0.229. The molecule has 0 bridgehead atoms. The topological polar surface area (TPSA) is 37.8 Å². The fourth-order valence-corrected chi connectivity index (χ4v) is 5.13. The van der Waals surface area contributed by atoms with Crippen LogP contribution in [-0.4, -0.2) is 16.5 Å². The summed E-state index contributed by atoms with van der Waals surface area (Å²) in [7, 11) is 0. The van der Waals surface area contributed by atoms with Gasteiger partial charge in [-0.2, -0.15) is 0 Å². The molecule has 0 radical (unpaired) electrons. The van der Waals surface area contributed by atoms with E-state index in [2.05, 4.69) is 71.8 Å². The van der Waals surface area contributed by atoms with E-state index in [1.807, 2.05) is 18.3 Å². The lowest BCUT2D eigenvalue weighted by Crippen LogP contribution is -2.04. The molecule has 3 aromatic carbocycles. The second-order valence-corrected chi connectivity index (χ2v) is 9.52. The van der Waals surface area contributed by atoms with Gasteiger partial charge in [0.15, 0.2) is 0 Å². The zero-order chi connectivity index (χ0) is 24.0. The van der Waals surface area contributed by atoms with Gasteiger partial charge in [-0.3, -0.25) is 0 Å². The molecule has 5 rings (SSSR count). The van der Waals surface area contributed by atoms with Crippen LogP contribution < -0.4 is 5.32 Å². The van der Waals surface area contributed by atoms with E-state index in [-0.39, 0.29) is 5.82 Å². The molecule has 0 amide bonds. The van der Waals surface area contributed by atoms with E-state index in [4.69, 9.17) is 4.98 Å². The Bertz CT molecular complexity index is 1410. The van der Waals surface area contributed by atoms with Gasteiger partial charge in [-0.05, 0) is 73.4 Å². The number of benzene rings is 3. The standard InChI is InChI=1S/C30H26FN3S/c1-21-7-5-11-24(19-21)28-29(35-30(34-28)23-12-14-26(31)15-13-23)25-16-18-33-27(20-25)32-17-6-10-22-8-3-2-4-9-22/h2-5,7-9,11-16,18-20H,6,10,17H2,1H3,(H,32,33). The number of thiazole rings is 1. The van der Waals surface area contributed by atoms with Crippen molar-refractivity contribution < 1.29 is 4.39 Å². The van der Waals surface area contributed by atoms with Crippen LogP contribution in [0.4, 0.5) is 10.2 Å². The average molecular weight is 480 g/mol. The molecule has 1 N–H and O–H groups in total. The third-order valence-electron chi connectivity index (χ3n) is 5.82. The first-order valence-electron chi connectivity index (χ1n) is 11.7. The van der Waals surface area contributed by atoms with Crippen LogP contribution >= 0.6 is 11.3 Å². The summed E-state index contributed by atoms with van der Waals surface area (Å²) in [5.41, 5.74) is 6.49. The third kappa shape index (κ3) is 5.64. The zero-order valence-corrected chi connectivity index (χ0v) is 20.4. The number of hydrogen-bond donors (Lipinski definition) is 1. The molecule has 2 aromatic heterocycles. The highest BCUT2D eigenvalue weighted by Gasteiger charge is 2.17. The lowest BCUT2D eigenvalue weighted by atomic mass is 10.1. The molecule has 5 heteroatoms. The summed E-state index contributed by atoms with van der Waals surface area (Å²) < 4.78 is 13.5. The molecule has 174 valence electrons. The van der Waals surface area contributed by atoms with Crippen molar-refractivity contribution in [2.24, 2.45) is 0 Å². The molecule has 0 unspecified atom stereocenters. The van der Waals surface area contributed by atoms with Crippen LogP contribution in [0.5, 0.6) is 0 Å². The second-order valence-electron chi connectivity index (χ2n) is 8.52. The molecule has 0 fully saturated rings. The molecule has 0 saturated carbocycles. The van der Waals surface area contributed by atoms with Crippen molar-refractivity contribution >= 4 is 17.2 Å². The molecule has 0 aliphatic rings. The van der Waals surface area contributed by atoms with E-state index in [9.17, 15) is 4.39 Å². The van der Waals surface area contributed by atoms with E-state index in [0.29, 0.717) is 0 Å². The smallest absolute Gasteiger partial charge is 0.126 e. The normalized spacial score (nSPS) is 10.9. The summed E-state index contributed by atoms with van der Waals surface area (Å²) in [6.45, 7) is 2.93. The number of anilines is 1. The van der Waals surface area contributed by atoms with Gasteiger partial charge in [-0.15, -0.1) is 11.3 Å². The van der Waals surface area contributed by atoms with Crippen molar-refractivity contribution in [3.8, 4) is 32.3 Å². The maximum Gasteiger partial charge on any atom is 0.126 e. The van der Waals surface area contributed by atoms with Crippen LogP contribution in [0.25, 0.3) is 32.3 Å². The van der Waals surface area contributed by atoms with E-state index < -0.39 is 0 Å². The highest BCUT2D eigenvalue weighted by Crippen LogP contribution is 2.41. The van der Waals surface area contributed by atoms with Crippen LogP contribution in [0.2, 0.25) is 0 Å². The predicted octanol–water partition coefficient (Wildman–Crippen LogP) is 8.03. The summed E-state index contributed by atoms with van der Waals surface area (Å²) in [4.78, 5) is 10.6. The van der Waals surface area contributed by atoms with Crippen molar-refractivity contribution in [1.29, 1.82) is 0 Å². The third-order valence-corrected chi connectivity index (χ3v) is 6.98. The Balaban J connectivity index is 1.42. The minimum Gasteiger partial charge on any atom is -0.370 e. The van der Waals surface area contributed by atoms with Crippen LogP contribution in [0.1, 0.15) is 17.5 Å². The molecule has 35 heavy (non-hydrogen) atoms. The Morgan fingerprint density at radius 2 is 1.66 bits per heavy atom. The van der Waals surface area contributed by atoms with Crippen molar-refractivity contribution in [3.05, 3.63) is 114 Å². The van der Waals surface area contributed by atoms with Gasteiger partial charge in [0.25, 0.3) is 0 Å². The molecule has 0 aliphatic carbocycles. The van der Waals surface area contributed by atoms with Crippen LogP contribution in [0.3, 0.4) is 0 Å². The van der Waals surface area contributed by atoms with Crippen molar-refractivity contribution in [3.63, 3.8) is 0 Å². The Hall–Kier alpha value is -3.83. The fourth-order valence-electron chi connectivity index (χ4n) is 4.04. The number of pyridine rings is 1. The van der Waals surface area contributed by atoms with E-state index in [0.717, 1.165) is 57.5 Å². The maximum atomic E-state index is 13.5. The first-order chi connectivity index (χ1) is 17.2. The fraction of sp³-hybridized carbons (Fsp3) is 0.133. The summed E-state index contributed by atoms with van der Waals surface area (Å²) in [6.07, 6.45) is 3.90. The van der Waals surface area contributed by atoms with Gasteiger partial charge >= 0.3 is 0 Å². The van der Waals surface area contributed by atoms with Crippen LogP contribution in [0, 0.1) is 12.7 Å². The van der Waals surface area contributed by atoms with Gasteiger partial charge in [0, 0.05) is 23.9 Å². The molecule has 2 heterocycles. The van der Waals surface area contributed by atoms with E-state index >= 15 is 0 Å². The lowest BCUT2D eigenvalue weighted by Gasteiger charge is -2.08. The molecule has 3 nitrogen and oxygen atoms in total. The highest BCUT2D eigenvalue weighted by molar-refractivity contribution is 7.19. The molecule has 0 aliphatic heterocycles. The van der Waals surface area contributed by atoms with Gasteiger partial charge in [-0.1, -0.05) is 54.1 Å². The Morgan fingerprint density at radius 3 is 2.46 bits per heavy atom. The second kappa shape index (κ2) is 10.6. The lowest BCUT2D eigenvalue weighted by molar-refractivity contribution is 0.628. The predicted molar refractivity (Wildman–Crippen MR) is 144 cm³/mol. The van der Waals surface area contributed by atoms with Gasteiger partial charge < -0.3 is 5.32 Å². The van der Waals surface area contributed by atoms with Gasteiger partial charge in [0.2, 0.25) is 0 Å². The number of nitrogens with zero attached hydrogens (tertiary/aromatic N) is 2. The first kappa shape index (κ1) is 22.9. The number of aromatic nitrogens is 2. The Morgan fingerprint density at radius 1 is 0.829 bits per heavy atom. The zero-order valence-electron chi connectivity index (χ0n) is 19.5. The monoisotopic (exact) mass is 479 g/mol. The number of halogens is 1. The number of aryl methyl sites for hydroxylation is 2. The summed E-state index contributed by atoms with van der Waals surface area (Å²) in [5, 5.41) is 4.34. The molecular formula is C30H26FN3S. The Labute approximate surface area is 209 Å². The van der Waals surface area contributed by atoms with Gasteiger partial charge in [-0.25, -0.2) is 14.4 Å². The van der Waals surface area contributed by atoms with E-state index in [1.54, 1.807) is 23.5 Å². The first-order valence-corrected chi connectivity index (χ1v) is 12.6. The largest absolute Gasteiger partial charge is 0.370 e. The number of nitrogens with one attached hydrogen (secondary N) is 1. The van der Waals surface area contributed by atoms with Crippen molar-refractivity contribution in [2.75, 3.05) is 11.9 Å². The molecule has 0 spiro atoms. The number of hydrogen-bond acceptors (Lipinski definition) is 4. The highest BCUT2D eigenvalue weighted by atomic mass is 32.1. The Kier molecular flexibility index (Phi) is 6.96. The molecular weight excluding hydrogens is 453 g/mol. The summed E-state index contributed by atoms with van der Waals surface area (Å²) in [6, 6.07) is 29.5. The van der Waals surface area contributed by atoms with Crippen molar-refractivity contribution in [2.45, 2.75) is 19.8 Å². The summed E-state index contributed by atoms with van der Waals surface area (Å²) >= 11 is 1.62. The average Bonchev–Trinajstić information content (AvgIpc) is 3.34. The van der Waals surface area contributed by atoms with E-state index in [1.165, 1.54) is 23.3 Å². The maximum absolute atomic E-state index is 13.5. The molecule has 5 aromatic rings. The van der Waals surface area contributed by atoms with Crippen LogP contribution in [0.15, 0.2) is 97.2 Å². The van der Waals surface area contributed by atoms with Gasteiger partial charge in [0.05, 0.1) is 10.6 Å². The van der Waals surface area contributed by atoms with Gasteiger partial charge in [0.1, 0.15) is 16.6 Å². The molecule has 0 saturated heterocycles.